The first-order valence-corrected chi connectivity index (χ1v) is 9.56. The monoisotopic (exact) mass is 447 g/mol. The van der Waals surface area contributed by atoms with Gasteiger partial charge in [0.15, 0.2) is 11.6 Å². The van der Waals surface area contributed by atoms with Crippen LogP contribution in [0.25, 0.3) is 0 Å². The summed E-state index contributed by atoms with van der Waals surface area (Å²) in [6, 6.07) is 6.63. The number of anilines is 2. The minimum atomic E-state index is -0.727. The Kier molecular flexibility index (Phi) is 6.43. The van der Waals surface area contributed by atoms with Crippen molar-refractivity contribution in [2.75, 3.05) is 36.6 Å². The van der Waals surface area contributed by atoms with Gasteiger partial charge >= 0.3 is 0 Å². The van der Waals surface area contributed by atoms with Gasteiger partial charge in [0.1, 0.15) is 5.75 Å². The van der Waals surface area contributed by atoms with Crippen molar-refractivity contribution in [3.05, 3.63) is 59.1 Å². The molecule has 0 unspecified atom stereocenters. The molecular weight excluding hydrogens is 432 g/mol. The molecular formula is C19H16ClF2N7O2. The number of hydrazone groups is 1. The van der Waals surface area contributed by atoms with Crippen molar-refractivity contribution in [3.63, 3.8) is 0 Å². The predicted octanol–water partition coefficient (Wildman–Crippen LogP) is 3.27. The van der Waals surface area contributed by atoms with Crippen LogP contribution in [0.3, 0.4) is 0 Å². The van der Waals surface area contributed by atoms with E-state index >= 15 is 0 Å². The number of halogens is 3. The van der Waals surface area contributed by atoms with Crippen LogP contribution in [0.15, 0.2) is 41.8 Å². The summed E-state index contributed by atoms with van der Waals surface area (Å²) in [6.45, 7) is 2.13. The quantitative estimate of drug-likeness (QED) is 0.349. The van der Waals surface area contributed by atoms with Gasteiger partial charge in [0.05, 0.1) is 31.8 Å². The molecule has 0 radical (unpaired) electrons. The molecule has 1 aromatic carbocycles. The minimum absolute atomic E-state index is 0.119. The molecule has 0 atom stereocenters. The average Bonchev–Trinajstić information content (AvgIpc) is 2.79. The summed E-state index contributed by atoms with van der Waals surface area (Å²) in [4.78, 5) is 17.1. The first-order chi connectivity index (χ1) is 15.1. The third-order valence-corrected chi connectivity index (χ3v) is 4.37. The van der Waals surface area contributed by atoms with Crippen molar-refractivity contribution in [3.8, 4) is 11.6 Å². The average molecular weight is 448 g/mol. The molecule has 0 amide bonds. The Hall–Kier alpha value is -3.44. The largest absolute Gasteiger partial charge is 0.436 e. The molecule has 31 heavy (non-hydrogen) atoms. The van der Waals surface area contributed by atoms with Crippen molar-refractivity contribution < 1.29 is 18.3 Å². The Morgan fingerprint density at radius 3 is 2.58 bits per heavy atom. The normalized spacial score (nSPS) is 14.1. The summed E-state index contributed by atoms with van der Waals surface area (Å²) >= 11 is 5.65. The van der Waals surface area contributed by atoms with E-state index in [0.29, 0.717) is 32.1 Å². The lowest BCUT2D eigenvalue weighted by Crippen LogP contribution is -2.37. The van der Waals surface area contributed by atoms with E-state index in [1.54, 1.807) is 29.2 Å². The molecule has 4 rings (SSSR count). The zero-order chi connectivity index (χ0) is 21.6. The SMILES string of the molecule is Fc1cnc(Cl)nc1Oc1ccc(/C=N\Nc2ncc(F)c(N3CCOCC3)n2)cc1. The summed E-state index contributed by atoms with van der Waals surface area (Å²) in [6.07, 6.45) is 3.55. The second-order valence-electron chi connectivity index (χ2n) is 6.30. The third kappa shape index (κ3) is 5.38. The molecule has 9 nitrogen and oxygen atoms in total. The van der Waals surface area contributed by atoms with Gasteiger partial charge < -0.3 is 14.4 Å². The second-order valence-corrected chi connectivity index (χ2v) is 6.64. The highest BCUT2D eigenvalue weighted by Gasteiger charge is 2.17. The summed E-state index contributed by atoms with van der Waals surface area (Å²) < 4.78 is 38.3. The fourth-order valence-corrected chi connectivity index (χ4v) is 2.84. The molecule has 1 aliphatic heterocycles. The molecule has 1 saturated heterocycles. The van der Waals surface area contributed by atoms with Crippen LogP contribution in [0.4, 0.5) is 20.5 Å². The number of ether oxygens (including phenoxy) is 2. The molecule has 0 bridgehead atoms. The van der Waals surface area contributed by atoms with Crippen LogP contribution in [-0.4, -0.2) is 52.5 Å². The topological polar surface area (TPSA) is 97.7 Å². The van der Waals surface area contributed by atoms with Crippen LogP contribution >= 0.6 is 11.6 Å². The lowest BCUT2D eigenvalue weighted by molar-refractivity contribution is 0.122. The van der Waals surface area contributed by atoms with Crippen LogP contribution in [0.2, 0.25) is 5.28 Å². The molecule has 3 heterocycles. The van der Waals surface area contributed by atoms with E-state index in [-0.39, 0.29) is 22.9 Å². The number of aromatic nitrogens is 4. The van der Waals surface area contributed by atoms with Gasteiger partial charge in [-0.1, -0.05) is 0 Å². The van der Waals surface area contributed by atoms with E-state index in [4.69, 9.17) is 21.1 Å². The first kappa shape index (κ1) is 20.8. The second kappa shape index (κ2) is 9.58. The number of hydrogen-bond acceptors (Lipinski definition) is 9. The molecule has 1 N–H and O–H groups in total. The molecule has 12 heteroatoms. The van der Waals surface area contributed by atoms with Crippen molar-refractivity contribution in [1.82, 2.24) is 19.9 Å². The number of nitrogens with one attached hydrogen (secondary N) is 1. The highest BCUT2D eigenvalue weighted by atomic mass is 35.5. The number of nitrogens with zero attached hydrogens (tertiary/aromatic N) is 6. The van der Waals surface area contributed by atoms with Gasteiger partial charge in [-0.25, -0.2) is 19.8 Å². The summed E-state index contributed by atoms with van der Waals surface area (Å²) in [5.74, 6) is -0.781. The van der Waals surface area contributed by atoms with E-state index in [2.05, 4.69) is 30.5 Å². The van der Waals surface area contributed by atoms with E-state index in [1.165, 1.54) is 6.21 Å². The van der Waals surface area contributed by atoms with Crippen LogP contribution in [0.1, 0.15) is 5.56 Å². The Labute approximate surface area is 180 Å². The van der Waals surface area contributed by atoms with Crippen molar-refractivity contribution in [1.29, 1.82) is 0 Å². The predicted molar refractivity (Wildman–Crippen MR) is 110 cm³/mol. The zero-order valence-electron chi connectivity index (χ0n) is 16.0. The lowest BCUT2D eigenvalue weighted by atomic mass is 10.2. The molecule has 160 valence electrons. The van der Waals surface area contributed by atoms with Gasteiger partial charge in [0, 0.05) is 13.1 Å². The molecule has 2 aromatic heterocycles. The Morgan fingerprint density at radius 2 is 1.81 bits per heavy atom. The molecule has 0 aliphatic carbocycles. The maximum atomic E-state index is 14.1. The fourth-order valence-electron chi connectivity index (χ4n) is 2.71. The van der Waals surface area contributed by atoms with Gasteiger partial charge in [-0.05, 0) is 41.4 Å². The fraction of sp³-hybridized carbons (Fsp3) is 0.211. The van der Waals surface area contributed by atoms with Crippen molar-refractivity contribution in [2.24, 2.45) is 5.10 Å². The van der Waals surface area contributed by atoms with E-state index < -0.39 is 11.6 Å². The summed E-state index contributed by atoms with van der Waals surface area (Å²) in [5, 5.41) is 3.94. The number of morpholine rings is 1. The number of hydrogen-bond donors (Lipinski definition) is 1. The standard InChI is InChI=1S/C19H16ClF2N7O2/c20-18-23-11-15(22)17(27-18)31-13-3-1-12(2-4-13)9-25-28-19-24-10-14(21)16(26-19)29-5-7-30-8-6-29/h1-4,9-11H,5-8H2,(H,24,26,28)/b25-9-. The zero-order valence-corrected chi connectivity index (χ0v) is 16.8. The molecule has 1 aliphatic rings. The van der Waals surface area contributed by atoms with Gasteiger partial charge in [0.25, 0.3) is 5.88 Å². The maximum Gasteiger partial charge on any atom is 0.260 e. The lowest BCUT2D eigenvalue weighted by Gasteiger charge is -2.27. The van der Waals surface area contributed by atoms with Crippen molar-refractivity contribution in [2.45, 2.75) is 0 Å². The van der Waals surface area contributed by atoms with E-state index in [0.717, 1.165) is 18.0 Å². The van der Waals surface area contributed by atoms with E-state index in [1.807, 2.05) is 0 Å². The van der Waals surface area contributed by atoms with Crippen LogP contribution in [-0.2, 0) is 4.74 Å². The van der Waals surface area contributed by atoms with Crippen LogP contribution in [0, 0.1) is 11.6 Å². The molecule has 0 spiro atoms. The minimum Gasteiger partial charge on any atom is -0.436 e. The van der Waals surface area contributed by atoms with Gasteiger partial charge in [-0.15, -0.1) is 0 Å². The Morgan fingerprint density at radius 1 is 1.06 bits per heavy atom. The van der Waals surface area contributed by atoms with Gasteiger partial charge in [0.2, 0.25) is 17.0 Å². The highest BCUT2D eigenvalue weighted by molar-refractivity contribution is 6.28. The number of benzene rings is 1. The molecule has 3 aromatic rings. The van der Waals surface area contributed by atoms with Crippen LogP contribution in [0.5, 0.6) is 11.6 Å². The van der Waals surface area contributed by atoms with Crippen LogP contribution < -0.4 is 15.1 Å². The third-order valence-electron chi connectivity index (χ3n) is 4.19. The first-order valence-electron chi connectivity index (χ1n) is 9.19. The van der Waals surface area contributed by atoms with Crippen molar-refractivity contribution >= 4 is 29.6 Å². The summed E-state index contributed by atoms with van der Waals surface area (Å²) in [7, 11) is 0. The highest BCUT2D eigenvalue weighted by Crippen LogP contribution is 2.23. The van der Waals surface area contributed by atoms with Gasteiger partial charge in [-0.2, -0.15) is 19.5 Å². The molecule has 1 fully saturated rings. The smallest absolute Gasteiger partial charge is 0.260 e. The molecule has 0 saturated carbocycles. The maximum absolute atomic E-state index is 14.1. The van der Waals surface area contributed by atoms with Gasteiger partial charge in [-0.3, -0.25) is 0 Å². The Balaban J connectivity index is 1.38. The number of rotatable bonds is 6. The van der Waals surface area contributed by atoms with E-state index in [9.17, 15) is 8.78 Å². The summed E-state index contributed by atoms with van der Waals surface area (Å²) in [5.41, 5.74) is 3.40. The Bertz CT molecular complexity index is 1080.